The third-order valence-corrected chi connectivity index (χ3v) is 7.76. The summed E-state index contributed by atoms with van der Waals surface area (Å²) in [5, 5.41) is 8.07. The topological polar surface area (TPSA) is 42.5 Å². The molecule has 34 heavy (non-hydrogen) atoms. The van der Waals surface area contributed by atoms with Crippen molar-refractivity contribution < 1.29 is 9.47 Å². The van der Waals surface area contributed by atoms with Crippen molar-refractivity contribution in [2.75, 3.05) is 19.5 Å². The summed E-state index contributed by atoms with van der Waals surface area (Å²) in [7, 11) is 3.57. The molecule has 2 aliphatic carbocycles. The van der Waals surface area contributed by atoms with E-state index in [0.29, 0.717) is 10.8 Å². The van der Waals surface area contributed by atoms with Crippen LogP contribution in [0.1, 0.15) is 49.0 Å². The highest BCUT2D eigenvalue weighted by molar-refractivity contribution is 6.36. The molecule has 0 spiro atoms. The van der Waals surface area contributed by atoms with Crippen LogP contribution in [0.25, 0.3) is 11.1 Å². The summed E-state index contributed by atoms with van der Waals surface area (Å²) in [5.74, 6) is 1.44. The maximum atomic E-state index is 6.68. The highest BCUT2D eigenvalue weighted by atomic mass is 35.5. The van der Waals surface area contributed by atoms with Crippen molar-refractivity contribution in [3.8, 4) is 22.6 Å². The molecule has 178 valence electrons. The Labute approximate surface area is 211 Å². The fourth-order valence-corrected chi connectivity index (χ4v) is 5.18. The summed E-state index contributed by atoms with van der Waals surface area (Å²) in [5.41, 5.74) is 6.77. The van der Waals surface area contributed by atoms with Gasteiger partial charge in [-0.1, -0.05) is 47.5 Å². The third-order valence-electron chi connectivity index (χ3n) is 7.06. The first-order valence-corrected chi connectivity index (χ1v) is 12.5. The molecule has 1 unspecified atom stereocenters. The first-order chi connectivity index (χ1) is 16.4. The van der Waals surface area contributed by atoms with Crippen molar-refractivity contribution in [1.82, 2.24) is 5.32 Å². The van der Waals surface area contributed by atoms with Gasteiger partial charge in [0.15, 0.2) is 0 Å². The Balaban J connectivity index is 1.40. The van der Waals surface area contributed by atoms with Crippen LogP contribution in [0, 0.1) is 0 Å². The van der Waals surface area contributed by atoms with Crippen LogP contribution in [-0.4, -0.2) is 19.7 Å². The van der Waals surface area contributed by atoms with E-state index < -0.39 is 0 Å². The second-order valence-corrected chi connectivity index (χ2v) is 10.3. The predicted octanol–water partition coefficient (Wildman–Crippen LogP) is 7.42. The van der Waals surface area contributed by atoms with Crippen molar-refractivity contribution >= 4 is 28.9 Å². The van der Waals surface area contributed by atoms with Crippen LogP contribution >= 0.6 is 23.2 Å². The van der Waals surface area contributed by atoms with E-state index in [4.69, 9.17) is 32.7 Å². The molecule has 3 aromatic rings. The second kappa shape index (κ2) is 9.33. The van der Waals surface area contributed by atoms with E-state index in [1.165, 1.54) is 24.0 Å². The van der Waals surface area contributed by atoms with E-state index in [2.05, 4.69) is 35.8 Å². The number of ether oxygens (including phenoxy) is 2. The highest BCUT2D eigenvalue weighted by Crippen LogP contribution is 2.43. The van der Waals surface area contributed by atoms with Crippen LogP contribution < -0.4 is 20.1 Å². The molecular weight excluding hydrogens is 467 g/mol. The zero-order chi connectivity index (χ0) is 23.9. The lowest BCUT2D eigenvalue weighted by atomic mass is 9.99. The number of halogens is 2. The number of methoxy groups -OCH3 is 1. The molecule has 0 amide bonds. The van der Waals surface area contributed by atoms with Crippen molar-refractivity contribution in [3.63, 3.8) is 0 Å². The van der Waals surface area contributed by atoms with Crippen LogP contribution in [0.4, 0.5) is 5.69 Å². The van der Waals surface area contributed by atoms with Gasteiger partial charge in [0.05, 0.1) is 22.8 Å². The molecule has 0 aromatic heterocycles. The van der Waals surface area contributed by atoms with Gasteiger partial charge < -0.3 is 20.1 Å². The van der Waals surface area contributed by atoms with Crippen LogP contribution in [-0.2, 0) is 13.0 Å². The van der Waals surface area contributed by atoms with Crippen LogP contribution in [0.5, 0.6) is 11.5 Å². The number of anilines is 1. The lowest BCUT2D eigenvalue weighted by Crippen LogP contribution is -2.27. The van der Waals surface area contributed by atoms with E-state index in [9.17, 15) is 0 Å². The highest BCUT2D eigenvalue weighted by Gasteiger charge is 2.36. The minimum absolute atomic E-state index is 0.0715. The average molecular weight is 497 g/mol. The van der Waals surface area contributed by atoms with Gasteiger partial charge >= 0.3 is 0 Å². The van der Waals surface area contributed by atoms with E-state index in [1.807, 2.05) is 37.4 Å². The van der Waals surface area contributed by atoms with Crippen molar-refractivity contribution in [2.24, 2.45) is 0 Å². The first-order valence-electron chi connectivity index (χ1n) is 11.8. The summed E-state index contributed by atoms with van der Waals surface area (Å²) in [4.78, 5) is 0. The van der Waals surface area contributed by atoms with Gasteiger partial charge in [-0.05, 0) is 67.5 Å². The number of hydrogen-bond acceptors (Lipinski definition) is 4. The van der Waals surface area contributed by atoms with E-state index in [-0.39, 0.29) is 11.6 Å². The largest absolute Gasteiger partial charge is 0.496 e. The molecular formula is C28H30Cl2N2O2. The zero-order valence-corrected chi connectivity index (χ0v) is 21.3. The quantitative estimate of drug-likeness (QED) is 0.340. The van der Waals surface area contributed by atoms with Crippen LogP contribution in [0.3, 0.4) is 0 Å². The summed E-state index contributed by atoms with van der Waals surface area (Å²) in [6.45, 7) is 2.97. The van der Waals surface area contributed by atoms with Crippen molar-refractivity contribution in [2.45, 2.75) is 50.8 Å². The van der Waals surface area contributed by atoms with Gasteiger partial charge in [0.25, 0.3) is 0 Å². The van der Waals surface area contributed by atoms with Gasteiger partial charge in [-0.3, -0.25) is 0 Å². The zero-order valence-electron chi connectivity index (χ0n) is 19.8. The maximum Gasteiger partial charge on any atom is 0.142 e. The smallest absolute Gasteiger partial charge is 0.142 e. The molecule has 4 nitrogen and oxygen atoms in total. The Morgan fingerprint density at radius 2 is 1.88 bits per heavy atom. The summed E-state index contributed by atoms with van der Waals surface area (Å²) in [6, 6.07) is 16.4. The summed E-state index contributed by atoms with van der Waals surface area (Å²) in [6.07, 6.45) is 4.22. The molecule has 5 rings (SSSR count). The fraction of sp³-hybridized carbons (Fsp3) is 0.357. The minimum atomic E-state index is -0.0715. The van der Waals surface area contributed by atoms with Gasteiger partial charge in [0.1, 0.15) is 17.6 Å². The summed E-state index contributed by atoms with van der Waals surface area (Å²) < 4.78 is 12.1. The number of rotatable bonds is 8. The summed E-state index contributed by atoms with van der Waals surface area (Å²) >= 11 is 13.3. The lowest BCUT2D eigenvalue weighted by molar-refractivity contribution is 0.207. The standard InChI is InChI=1S/C28H30Cl2N2O2/c1-28(11-12-28)32-16-19-14-22(29)26(15-25(19)33-3)34-24-10-9-17-7-8-18(13-21(17)24)20-5-4-6-23(31-2)27(20)30/h4-8,13-15,24,31-32H,9-12,16H2,1-3H3. The molecule has 1 saturated carbocycles. The molecule has 0 bridgehead atoms. The number of hydrogen-bond donors (Lipinski definition) is 2. The molecule has 3 aromatic carbocycles. The Hall–Kier alpha value is -2.40. The maximum absolute atomic E-state index is 6.68. The third kappa shape index (κ3) is 4.59. The second-order valence-electron chi connectivity index (χ2n) is 9.48. The number of benzene rings is 3. The van der Waals surface area contributed by atoms with Crippen LogP contribution in [0.15, 0.2) is 48.5 Å². The van der Waals surface area contributed by atoms with Gasteiger partial charge in [0, 0.05) is 36.3 Å². The monoisotopic (exact) mass is 496 g/mol. The van der Waals surface area contributed by atoms with Crippen molar-refractivity contribution in [3.05, 3.63) is 75.3 Å². The van der Waals surface area contributed by atoms with Gasteiger partial charge in [-0.25, -0.2) is 0 Å². The van der Waals surface area contributed by atoms with E-state index in [1.54, 1.807) is 7.11 Å². The Kier molecular flexibility index (Phi) is 6.41. The molecule has 0 radical (unpaired) electrons. The van der Waals surface area contributed by atoms with Gasteiger partial charge in [-0.2, -0.15) is 0 Å². The average Bonchev–Trinajstić information content (AvgIpc) is 3.45. The molecule has 1 atom stereocenters. The fourth-order valence-electron chi connectivity index (χ4n) is 4.62. The van der Waals surface area contributed by atoms with E-state index >= 15 is 0 Å². The number of aryl methyl sites for hydroxylation is 1. The minimum Gasteiger partial charge on any atom is -0.496 e. The van der Waals surface area contributed by atoms with Gasteiger partial charge in [0.2, 0.25) is 0 Å². The predicted molar refractivity (Wildman–Crippen MR) is 141 cm³/mol. The molecule has 1 fully saturated rings. The Morgan fingerprint density at radius 1 is 1.06 bits per heavy atom. The molecule has 2 N–H and O–H groups in total. The Morgan fingerprint density at radius 3 is 2.62 bits per heavy atom. The molecule has 0 aliphatic heterocycles. The molecule has 0 heterocycles. The number of fused-ring (bicyclic) bond motifs is 1. The van der Waals surface area contributed by atoms with E-state index in [0.717, 1.165) is 52.5 Å². The number of nitrogens with one attached hydrogen (secondary N) is 2. The molecule has 2 aliphatic rings. The first kappa shape index (κ1) is 23.3. The lowest BCUT2D eigenvalue weighted by Gasteiger charge is -2.20. The van der Waals surface area contributed by atoms with Crippen molar-refractivity contribution in [1.29, 1.82) is 0 Å². The molecule has 6 heteroatoms. The Bertz CT molecular complexity index is 1220. The normalized spacial score (nSPS) is 17.9. The van der Waals surface area contributed by atoms with Gasteiger partial charge in [-0.15, -0.1) is 0 Å². The molecule has 0 saturated heterocycles. The SMILES string of the molecule is CNc1cccc(-c2ccc3c(c2)C(Oc2cc(OC)c(CNC4(C)CC4)cc2Cl)CC3)c1Cl. The van der Waals surface area contributed by atoms with Crippen LogP contribution in [0.2, 0.25) is 10.0 Å².